The van der Waals surface area contributed by atoms with E-state index in [-0.39, 0.29) is 17.5 Å². The number of carboxylic acid groups (broad SMARTS) is 1. The summed E-state index contributed by atoms with van der Waals surface area (Å²) < 4.78 is 78.2. The highest BCUT2D eigenvalue weighted by Crippen LogP contribution is 2.54. The normalized spacial score (nSPS) is 29.0. The summed E-state index contributed by atoms with van der Waals surface area (Å²) in [5.74, 6) is -7.66. The van der Waals surface area contributed by atoms with E-state index in [2.05, 4.69) is 15.9 Å². The van der Waals surface area contributed by atoms with Gasteiger partial charge >= 0.3 is 12.1 Å². The lowest BCUT2D eigenvalue weighted by molar-refractivity contribution is -0.273. The van der Waals surface area contributed by atoms with Crippen molar-refractivity contribution >= 4 is 21.9 Å². The molecule has 3 unspecified atom stereocenters. The predicted octanol–water partition coefficient (Wildman–Crippen LogP) is 4.26. The third kappa shape index (κ3) is 3.40. The Morgan fingerprint density at radius 3 is 2.50 bits per heavy atom. The summed E-state index contributed by atoms with van der Waals surface area (Å²) in [6.45, 7) is 1.81. The van der Waals surface area contributed by atoms with Crippen molar-refractivity contribution in [1.29, 1.82) is 0 Å². The monoisotopic (exact) mass is 446 g/mol. The summed E-state index contributed by atoms with van der Waals surface area (Å²) >= 11 is 3.04. The number of halogens is 6. The number of aliphatic carboxylic acids is 1. The maximum Gasteiger partial charge on any atom is 0.417 e. The van der Waals surface area contributed by atoms with E-state index in [1.807, 2.05) is 0 Å². The lowest BCUT2D eigenvalue weighted by Gasteiger charge is -2.32. The van der Waals surface area contributed by atoms with Crippen LogP contribution >= 0.6 is 15.9 Å². The molecule has 1 aliphatic rings. The Balaban J connectivity index is 2.61. The lowest BCUT2D eigenvalue weighted by Crippen LogP contribution is -2.47. The van der Waals surface area contributed by atoms with Gasteiger partial charge in [0.2, 0.25) is 5.82 Å². The van der Waals surface area contributed by atoms with Crippen molar-refractivity contribution < 1.29 is 41.3 Å². The molecule has 1 N–H and O–H groups in total. The SMILES string of the molecule is CC1C(c2ccc(F)c(F)c2OCCBr)[C@H](C(=O)O)OC1(C)C(F)(F)F. The van der Waals surface area contributed by atoms with Gasteiger partial charge in [0.25, 0.3) is 0 Å². The molecule has 1 aliphatic heterocycles. The van der Waals surface area contributed by atoms with Crippen LogP contribution in [0.25, 0.3) is 0 Å². The molecular weight excluding hydrogens is 431 g/mol. The van der Waals surface area contributed by atoms with Crippen LogP contribution in [0.15, 0.2) is 12.1 Å². The van der Waals surface area contributed by atoms with Crippen LogP contribution in [0.3, 0.4) is 0 Å². The Labute approximate surface area is 154 Å². The largest absolute Gasteiger partial charge is 0.489 e. The second kappa shape index (κ2) is 7.30. The van der Waals surface area contributed by atoms with Crippen molar-refractivity contribution in [2.75, 3.05) is 11.9 Å². The maximum absolute atomic E-state index is 14.2. The van der Waals surface area contributed by atoms with Gasteiger partial charge in [0.05, 0.1) is 6.61 Å². The van der Waals surface area contributed by atoms with Gasteiger partial charge in [-0.2, -0.15) is 17.6 Å². The number of rotatable bonds is 5. The molecule has 26 heavy (non-hydrogen) atoms. The molecule has 4 nitrogen and oxygen atoms in total. The smallest absolute Gasteiger partial charge is 0.417 e. The molecule has 10 heteroatoms. The van der Waals surface area contributed by atoms with Gasteiger partial charge in [0, 0.05) is 22.7 Å². The fourth-order valence-electron chi connectivity index (χ4n) is 3.11. The molecule has 1 aromatic carbocycles. The van der Waals surface area contributed by atoms with Gasteiger partial charge < -0.3 is 14.6 Å². The van der Waals surface area contributed by atoms with Gasteiger partial charge in [-0.15, -0.1) is 0 Å². The van der Waals surface area contributed by atoms with Gasteiger partial charge in [0.1, 0.15) is 0 Å². The van der Waals surface area contributed by atoms with Gasteiger partial charge in [0.15, 0.2) is 23.3 Å². The van der Waals surface area contributed by atoms with E-state index in [1.165, 1.54) is 0 Å². The molecule has 1 saturated heterocycles. The zero-order valence-electron chi connectivity index (χ0n) is 13.7. The first-order valence-electron chi connectivity index (χ1n) is 7.59. The average Bonchev–Trinajstić information content (AvgIpc) is 2.82. The Kier molecular flexibility index (Phi) is 5.86. The number of hydrogen-bond donors (Lipinski definition) is 1. The fourth-order valence-corrected chi connectivity index (χ4v) is 3.27. The van der Waals surface area contributed by atoms with Crippen LogP contribution in [-0.2, 0) is 9.53 Å². The molecule has 1 fully saturated rings. The van der Waals surface area contributed by atoms with Crippen molar-refractivity contribution in [3.63, 3.8) is 0 Å². The number of alkyl halides is 4. The van der Waals surface area contributed by atoms with Crippen LogP contribution in [0.5, 0.6) is 5.75 Å². The molecule has 1 heterocycles. The van der Waals surface area contributed by atoms with Crippen LogP contribution in [0.1, 0.15) is 25.3 Å². The van der Waals surface area contributed by atoms with E-state index < -0.39 is 53.1 Å². The third-order valence-electron chi connectivity index (χ3n) is 4.67. The van der Waals surface area contributed by atoms with Crippen molar-refractivity contribution in [3.8, 4) is 5.75 Å². The minimum Gasteiger partial charge on any atom is -0.489 e. The molecule has 0 aliphatic carbocycles. The topological polar surface area (TPSA) is 55.8 Å². The standard InChI is InChI=1S/C16H16BrF5O4/c1-7-10(13(14(23)24)26-15(7,2)16(20,21)22)8-3-4-9(18)11(19)12(8)25-6-5-17/h3-4,7,10,13H,5-6H2,1-2H3,(H,23,24)/t7?,10?,13-,15?/m1/s1. The highest BCUT2D eigenvalue weighted by molar-refractivity contribution is 9.09. The predicted molar refractivity (Wildman–Crippen MR) is 84.5 cm³/mol. The summed E-state index contributed by atoms with van der Waals surface area (Å²) in [5, 5.41) is 9.59. The quantitative estimate of drug-likeness (QED) is 0.542. The van der Waals surface area contributed by atoms with E-state index in [4.69, 9.17) is 9.47 Å². The minimum atomic E-state index is -4.86. The van der Waals surface area contributed by atoms with Crippen molar-refractivity contribution in [1.82, 2.24) is 0 Å². The molecule has 0 radical (unpaired) electrons. The molecule has 0 saturated carbocycles. The van der Waals surface area contributed by atoms with Gasteiger partial charge in [-0.25, -0.2) is 9.18 Å². The van der Waals surface area contributed by atoms with Crippen LogP contribution in [0.2, 0.25) is 0 Å². The minimum absolute atomic E-state index is 0.0936. The van der Waals surface area contributed by atoms with Gasteiger partial charge in [-0.3, -0.25) is 0 Å². The number of benzene rings is 1. The Hall–Kier alpha value is -1.42. The Morgan fingerprint density at radius 2 is 2.00 bits per heavy atom. The van der Waals surface area contributed by atoms with Crippen LogP contribution in [0.4, 0.5) is 22.0 Å². The Bertz CT molecular complexity index is 696. The van der Waals surface area contributed by atoms with Crippen LogP contribution < -0.4 is 4.74 Å². The molecule has 0 spiro atoms. The number of carboxylic acids is 1. The zero-order valence-corrected chi connectivity index (χ0v) is 15.3. The molecule has 146 valence electrons. The first kappa shape index (κ1) is 20.9. The first-order valence-corrected chi connectivity index (χ1v) is 8.71. The second-order valence-electron chi connectivity index (χ2n) is 6.11. The molecule has 0 amide bonds. The van der Waals surface area contributed by atoms with E-state index in [1.54, 1.807) is 0 Å². The average molecular weight is 447 g/mol. The second-order valence-corrected chi connectivity index (χ2v) is 6.91. The summed E-state index contributed by atoms with van der Waals surface area (Å²) in [6, 6.07) is 1.76. The maximum atomic E-state index is 14.2. The summed E-state index contributed by atoms with van der Waals surface area (Å²) in [6.07, 6.45) is -6.75. The molecular formula is C16H16BrF5O4. The highest BCUT2D eigenvalue weighted by atomic mass is 79.9. The summed E-state index contributed by atoms with van der Waals surface area (Å²) in [7, 11) is 0. The van der Waals surface area contributed by atoms with Gasteiger partial charge in [-0.05, 0) is 13.0 Å². The molecule has 0 aromatic heterocycles. The van der Waals surface area contributed by atoms with Crippen LogP contribution in [0, 0.1) is 17.6 Å². The highest BCUT2D eigenvalue weighted by Gasteiger charge is 2.66. The molecule has 0 bridgehead atoms. The van der Waals surface area contributed by atoms with Crippen LogP contribution in [-0.4, -0.2) is 40.9 Å². The van der Waals surface area contributed by atoms with E-state index in [0.717, 1.165) is 26.0 Å². The van der Waals surface area contributed by atoms with E-state index in [0.29, 0.717) is 0 Å². The van der Waals surface area contributed by atoms with E-state index in [9.17, 15) is 31.9 Å². The summed E-state index contributed by atoms with van der Waals surface area (Å²) in [4.78, 5) is 11.5. The zero-order chi connectivity index (χ0) is 19.9. The number of carbonyl (C=O) groups is 1. The van der Waals surface area contributed by atoms with Crippen molar-refractivity contribution in [3.05, 3.63) is 29.3 Å². The van der Waals surface area contributed by atoms with Gasteiger partial charge in [-0.1, -0.05) is 28.9 Å². The summed E-state index contributed by atoms with van der Waals surface area (Å²) in [5.41, 5.74) is -2.95. The first-order chi connectivity index (χ1) is 12.0. The number of ether oxygens (including phenoxy) is 2. The fraction of sp³-hybridized carbons (Fsp3) is 0.562. The third-order valence-corrected chi connectivity index (χ3v) is 5.00. The van der Waals surface area contributed by atoms with Crippen molar-refractivity contribution in [2.24, 2.45) is 5.92 Å². The molecule has 2 rings (SSSR count). The molecule has 1 aromatic rings. The Morgan fingerprint density at radius 1 is 1.38 bits per heavy atom. The number of hydrogen-bond acceptors (Lipinski definition) is 3. The van der Waals surface area contributed by atoms with Crippen molar-refractivity contribution in [2.45, 2.75) is 37.6 Å². The lowest BCUT2D eigenvalue weighted by atomic mass is 9.77. The van der Waals surface area contributed by atoms with E-state index >= 15 is 0 Å². The molecule has 4 atom stereocenters.